The highest BCUT2D eigenvalue weighted by Crippen LogP contribution is 2.35. The summed E-state index contributed by atoms with van der Waals surface area (Å²) >= 11 is 11.5. The van der Waals surface area contributed by atoms with Crippen LogP contribution in [-0.4, -0.2) is 41.7 Å². The molecule has 31 heavy (non-hydrogen) atoms. The minimum atomic E-state index is -1.10. The molecule has 2 N–H and O–H groups in total. The molecule has 1 heterocycles. The molecule has 1 aliphatic heterocycles. The third-order valence-corrected chi connectivity index (χ3v) is 4.97. The summed E-state index contributed by atoms with van der Waals surface area (Å²) in [6, 6.07) is 8.61. The molecule has 0 spiro atoms. The van der Waals surface area contributed by atoms with Crippen molar-refractivity contribution in [3.05, 3.63) is 58.1 Å². The Morgan fingerprint density at radius 2 is 1.90 bits per heavy atom. The Morgan fingerprint density at radius 1 is 1.23 bits per heavy atom. The number of hydrogen-bond donors (Lipinski definition) is 2. The number of carboxylic acid groups (broad SMARTS) is 1. The van der Waals surface area contributed by atoms with E-state index in [-0.39, 0.29) is 21.3 Å². The lowest BCUT2D eigenvalue weighted by molar-refractivity contribution is -0.122. The van der Waals surface area contributed by atoms with E-state index in [1.54, 1.807) is 6.07 Å². The molecule has 1 aliphatic rings. The lowest BCUT2D eigenvalue weighted by Gasteiger charge is -2.29. The van der Waals surface area contributed by atoms with Gasteiger partial charge in [-0.25, -0.2) is 4.79 Å². The molecule has 2 aromatic rings. The molecular formula is C21H17ClN2O6S. The second kappa shape index (κ2) is 9.15. The molecule has 0 radical (unpaired) electrons. The summed E-state index contributed by atoms with van der Waals surface area (Å²) in [5, 5.41) is 11.6. The van der Waals surface area contributed by atoms with Crippen LogP contribution >= 0.6 is 23.8 Å². The van der Waals surface area contributed by atoms with Gasteiger partial charge in [0, 0.05) is 6.07 Å². The first-order chi connectivity index (χ1) is 14.8. The minimum Gasteiger partial charge on any atom is -0.493 e. The number of aromatic carboxylic acids is 1. The number of amides is 2. The van der Waals surface area contributed by atoms with Crippen LogP contribution in [0.3, 0.4) is 0 Å². The van der Waals surface area contributed by atoms with E-state index < -0.39 is 17.8 Å². The fraction of sp³-hybridized carbons (Fsp3) is 0.143. The first-order valence-electron chi connectivity index (χ1n) is 9.02. The molecule has 0 aromatic heterocycles. The molecular weight excluding hydrogens is 444 g/mol. The van der Waals surface area contributed by atoms with E-state index in [0.717, 1.165) is 4.90 Å². The Labute approximate surface area is 188 Å². The normalized spacial score (nSPS) is 15.1. The number of ether oxygens (including phenoxy) is 2. The van der Waals surface area contributed by atoms with Crippen molar-refractivity contribution < 1.29 is 29.0 Å². The summed E-state index contributed by atoms with van der Waals surface area (Å²) in [7, 11) is 1.46. The monoisotopic (exact) mass is 460 g/mol. The van der Waals surface area contributed by atoms with Crippen LogP contribution in [0.2, 0.25) is 5.02 Å². The second-order valence-electron chi connectivity index (χ2n) is 6.27. The maximum atomic E-state index is 13.1. The predicted molar refractivity (Wildman–Crippen MR) is 119 cm³/mol. The van der Waals surface area contributed by atoms with Crippen LogP contribution in [0, 0.1) is 0 Å². The fourth-order valence-electron chi connectivity index (χ4n) is 2.89. The number of nitrogens with one attached hydrogen (secondary N) is 1. The summed E-state index contributed by atoms with van der Waals surface area (Å²) in [5.74, 6) is -1.65. The number of hydrogen-bond acceptors (Lipinski definition) is 6. The molecule has 1 fully saturated rings. The third kappa shape index (κ3) is 4.52. The third-order valence-electron chi connectivity index (χ3n) is 4.36. The Kier molecular flexibility index (Phi) is 6.57. The minimum absolute atomic E-state index is 0.0483. The number of rotatable bonds is 6. The van der Waals surface area contributed by atoms with Gasteiger partial charge in [0.2, 0.25) is 0 Å². The van der Waals surface area contributed by atoms with Crippen LogP contribution < -0.4 is 19.7 Å². The zero-order chi connectivity index (χ0) is 22.7. The van der Waals surface area contributed by atoms with Crippen molar-refractivity contribution in [2.24, 2.45) is 0 Å². The van der Waals surface area contributed by atoms with Crippen LogP contribution in [0.4, 0.5) is 5.69 Å². The molecule has 2 amide bonds. The van der Waals surface area contributed by atoms with Gasteiger partial charge in [-0.1, -0.05) is 11.6 Å². The number of nitrogens with zero attached hydrogens (tertiary/aromatic N) is 1. The van der Waals surface area contributed by atoms with Crippen LogP contribution in [0.1, 0.15) is 22.8 Å². The van der Waals surface area contributed by atoms with Crippen LogP contribution in [-0.2, 0) is 9.59 Å². The standard InChI is InChI=1S/C21H17ClN2O6S/c1-3-30-17-10-15(22)12(9-16(17)29-2)8-14-18(25)23-21(31)24(19(14)26)13-6-4-11(5-7-13)20(27)28/h4-10H,3H2,1-2H3,(H,27,28)(H,23,25,31)/b14-8+. The number of thiocarbonyl (C=S) groups is 1. The lowest BCUT2D eigenvalue weighted by Crippen LogP contribution is -2.54. The summed E-state index contributed by atoms with van der Waals surface area (Å²) in [5.41, 5.74) is 0.520. The predicted octanol–water partition coefficient (Wildman–Crippen LogP) is 3.28. The van der Waals surface area contributed by atoms with E-state index in [1.165, 1.54) is 43.5 Å². The van der Waals surface area contributed by atoms with Gasteiger partial charge >= 0.3 is 5.97 Å². The molecule has 0 aliphatic carbocycles. The van der Waals surface area contributed by atoms with E-state index in [0.29, 0.717) is 29.4 Å². The van der Waals surface area contributed by atoms with E-state index in [1.807, 2.05) is 6.92 Å². The van der Waals surface area contributed by atoms with Gasteiger partial charge in [-0.05, 0) is 61.1 Å². The van der Waals surface area contributed by atoms with E-state index >= 15 is 0 Å². The topological polar surface area (TPSA) is 105 Å². The van der Waals surface area contributed by atoms with Crippen molar-refractivity contribution in [3.8, 4) is 11.5 Å². The number of carbonyl (C=O) groups is 3. The molecule has 0 bridgehead atoms. The SMILES string of the molecule is CCOc1cc(Cl)c(/C=C2\C(=O)NC(=S)N(c3ccc(C(=O)O)cc3)C2=O)cc1OC. The van der Waals surface area contributed by atoms with Crippen molar-refractivity contribution in [1.82, 2.24) is 5.32 Å². The Bertz CT molecular complexity index is 1110. The lowest BCUT2D eigenvalue weighted by atomic mass is 10.1. The summed E-state index contributed by atoms with van der Waals surface area (Å²) in [4.78, 5) is 37.7. The van der Waals surface area contributed by atoms with Crippen molar-refractivity contribution in [2.45, 2.75) is 6.92 Å². The maximum Gasteiger partial charge on any atom is 0.335 e. The molecule has 1 saturated heterocycles. The van der Waals surface area contributed by atoms with Crippen LogP contribution in [0.5, 0.6) is 11.5 Å². The quantitative estimate of drug-likeness (QED) is 0.387. The van der Waals surface area contributed by atoms with Crippen molar-refractivity contribution >= 4 is 58.5 Å². The molecule has 0 saturated carbocycles. The van der Waals surface area contributed by atoms with Crippen molar-refractivity contribution in [2.75, 3.05) is 18.6 Å². The zero-order valence-corrected chi connectivity index (χ0v) is 18.0. The highest BCUT2D eigenvalue weighted by molar-refractivity contribution is 7.80. The number of anilines is 1. The molecule has 8 nitrogen and oxygen atoms in total. The van der Waals surface area contributed by atoms with Gasteiger partial charge in [0.25, 0.3) is 11.8 Å². The molecule has 3 rings (SSSR count). The Balaban J connectivity index is 2.02. The van der Waals surface area contributed by atoms with Crippen molar-refractivity contribution in [1.29, 1.82) is 0 Å². The van der Waals surface area contributed by atoms with Gasteiger partial charge in [-0.3, -0.25) is 19.8 Å². The van der Waals surface area contributed by atoms with Gasteiger partial charge in [-0.15, -0.1) is 0 Å². The molecule has 0 unspecified atom stereocenters. The van der Waals surface area contributed by atoms with E-state index in [9.17, 15) is 14.4 Å². The Hall–Kier alpha value is -3.43. The van der Waals surface area contributed by atoms with Crippen molar-refractivity contribution in [3.63, 3.8) is 0 Å². The molecule has 2 aromatic carbocycles. The number of carbonyl (C=O) groups excluding carboxylic acids is 2. The van der Waals surface area contributed by atoms with E-state index in [2.05, 4.69) is 5.32 Å². The zero-order valence-electron chi connectivity index (χ0n) is 16.5. The molecule has 160 valence electrons. The van der Waals surface area contributed by atoms with Gasteiger partial charge in [0.1, 0.15) is 5.57 Å². The van der Waals surface area contributed by atoms with Gasteiger partial charge in [0.15, 0.2) is 16.6 Å². The van der Waals surface area contributed by atoms with Crippen LogP contribution in [0.15, 0.2) is 42.0 Å². The summed E-state index contributed by atoms with van der Waals surface area (Å²) < 4.78 is 10.8. The number of methoxy groups -OCH3 is 1. The average Bonchev–Trinajstić information content (AvgIpc) is 2.73. The first-order valence-corrected chi connectivity index (χ1v) is 9.80. The number of carboxylic acids is 1. The highest BCUT2D eigenvalue weighted by atomic mass is 35.5. The summed E-state index contributed by atoms with van der Waals surface area (Å²) in [6.07, 6.45) is 1.33. The Morgan fingerprint density at radius 3 is 2.48 bits per heavy atom. The molecule has 0 atom stereocenters. The number of benzene rings is 2. The van der Waals surface area contributed by atoms with Gasteiger partial charge < -0.3 is 14.6 Å². The van der Waals surface area contributed by atoms with Gasteiger partial charge in [0.05, 0.1) is 30.0 Å². The average molecular weight is 461 g/mol. The smallest absolute Gasteiger partial charge is 0.335 e. The van der Waals surface area contributed by atoms with E-state index in [4.69, 9.17) is 38.4 Å². The largest absolute Gasteiger partial charge is 0.493 e. The first kappa shape index (κ1) is 22.3. The molecule has 10 heteroatoms. The van der Waals surface area contributed by atoms with Gasteiger partial charge in [-0.2, -0.15) is 0 Å². The number of halogens is 1. The maximum absolute atomic E-state index is 13.1. The summed E-state index contributed by atoms with van der Waals surface area (Å²) in [6.45, 7) is 2.22. The highest BCUT2D eigenvalue weighted by Gasteiger charge is 2.34. The van der Waals surface area contributed by atoms with Crippen LogP contribution in [0.25, 0.3) is 6.08 Å². The fourth-order valence-corrected chi connectivity index (χ4v) is 3.38. The second-order valence-corrected chi connectivity index (χ2v) is 7.06.